The van der Waals surface area contributed by atoms with Crippen molar-refractivity contribution in [3.05, 3.63) is 63.6 Å². The smallest absolute Gasteiger partial charge is 0.277 e. The summed E-state index contributed by atoms with van der Waals surface area (Å²) in [5.41, 5.74) is 5.48. The Balaban J connectivity index is 1.84. The Morgan fingerprint density at radius 2 is 2.00 bits per heavy atom. The summed E-state index contributed by atoms with van der Waals surface area (Å²) in [5, 5.41) is 3.94. The summed E-state index contributed by atoms with van der Waals surface area (Å²) in [4.78, 5) is 11.7. The molecule has 0 aliphatic carbocycles. The van der Waals surface area contributed by atoms with E-state index < -0.39 is 0 Å². The van der Waals surface area contributed by atoms with Gasteiger partial charge < -0.3 is 4.74 Å². The van der Waals surface area contributed by atoms with E-state index >= 15 is 0 Å². The minimum atomic E-state index is -0.299. The summed E-state index contributed by atoms with van der Waals surface area (Å²) in [6.07, 6.45) is 1.62. The Hall–Kier alpha value is -2.14. The van der Waals surface area contributed by atoms with Gasteiger partial charge in [-0.1, -0.05) is 40.2 Å². The van der Waals surface area contributed by atoms with Gasteiger partial charge in [-0.2, -0.15) is 5.10 Å². The standard InChI is InChI=1S/C17H17BrN2O2/c1-12-5-3-4-6-14(12)10-19-20-17(21)11-22-16-8-7-15(18)9-13(16)2/h3-10H,11H2,1-2H3,(H,20,21)/b19-10+. The molecule has 5 heteroatoms. The van der Waals surface area contributed by atoms with Crippen LogP contribution in [0, 0.1) is 13.8 Å². The molecule has 0 radical (unpaired) electrons. The Morgan fingerprint density at radius 3 is 2.73 bits per heavy atom. The zero-order chi connectivity index (χ0) is 15.9. The molecule has 0 unspecified atom stereocenters. The number of hydrazone groups is 1. The lowest BCUT2D eigenvalue weighted by molar-refractivity contribution is -0.123. The van der Waals surface area contributed by atoms with E-state index in [1.807, 2.05) is 56.3 Å². The van der Waals surface area contributed by atoms with E-state index in [1.165, 1.54) is 0 Å². The molecule has 0 aliphatic rings. The van der Waals surface area contributed by atoms with Crippen LogP contribution >= 0.6 is 15.9 Å². The molecular formula is C17H17BrN2O2. The van der Waals surface area contributed by atoms with Gasteiger partial charge in [0.1, 0.15) is 5.75 Å². The number of benzene rings is 2. The van der Waals surface area contributed by atoms with Crippen LogP contribution < -0.4 is 10.2 Å². The van der Waals surface area contributed by atoms with Crippen LogP contribution in [0.15, 0.2) is 52.0 Å². The number of aryl methyl sites for hydroxylation is 2. The Labute approximate surface area is 138 Å². The fourth-order valence-corrected chi connectivity index (χ4v) is 2.33. The van der Waals surface area contributed by atoms with Crippen molar-refractivity contribution in [3.8, 4) is 5.75 Å². The Bertz CT molecular complexity index is 699. The number of rotatable bonds is 5. The average molecular weight is 361 g/mol. The van der Waals surface area contributed by atoms with Crippen molar-refractivity contribution in [1.29, 1.82) is 0 Å². The van der Waals surface area contributed by atoms with Crippen LogP contribution in [0.5, 0.6) is 5.75 Å². The zero-order valence-corrected chi connectivity index (χ0v) is 14.1. The van der Waals surface area contributed by atoms with Crippen LogP contribution in [0.25, 0.3) is 0 Å². The molecule has 22 heavy (non-hydrogen) atoms. The normalized spacial score (nSPS) is 10.7. The predicted octanol–water partition coefficient (Wildman–Crippen LogP) is 3.60. The van der Waals surface area contributed by atoms with Crippen molar-refractivity contribution in [2.45, 2.75) is 13.8 Å². The highest BCUT2D eigenvalue weighted by Crippen LogP contribution is 2.21. The lowest BCUT2D eigenvalue weighted by Crippen LogP contribution is -2.24. The molecule has 0 spiro atoms. The third-order valence-corrected chi connectivity index (χ3v) is 3.57. The molecule has 0 saturated carbocycles. The van der Waals surface area contributed by atoms with E-state index in [4.69, 9.17) is 4.74 Å². The molecule has 0 saturated heterocycles. The molecule has 0 fully saturated rings. The molecule has 0 atom stereocenters. The van der Waals surface area contributed by atoms with E-state index in [9.17, 15) is 4.79 Å². The van der Waals surface area contributed by atoms with E-state index in [0.29, 0.717) is 5.75 Å². The first kappa shape index (κ1) is 16.2. The lowest BCUT2D eigenvalue weighted by Gasteiger charge is -2.08. The second-order valence-corrected chi connectivity index (χ2v) is 5.76. The SMILES string of the molecule is Cc1ccccc1/C=N/NC(=O)COc1ccc(Br)cc1C. The molecule has 0 heterocycles. The molecule has 0 bridgehead atoms. The van der Waals surface area contributed by atoms with Gasteiger partial charge in [-0.15, -0.1) is 0 Å². The quantitative estimate of drug-likeness (QED) is 0.654. The van der Waals surface area contributed by atoms with Crippen LogP contribution in [-0.4, -0.2) is 18.7 Å². The monoisotopic (exact) mass is 360 g/mol. The second-order valence-electron chi connectivity index (χ2n) is 4.85. The largest absolute Gasteiger partial charge is 0.483 e. The van der Waals surface area contributed by atoms with Gasteiger partial charge in [0.15, 0.2) is 6.61 Å². The maximum absolute atomic E-state index is 11.7. The molecule has 2 rings (SSSR count). The van der Waals surface area contributed by atoms with Gasteiger partial charge in [0.25, 0.3) is 5.91 Å². The minimum Gasteiger partial charge on any atom is -0.483 e. The van der Waals surface area contributed by atoms with Crippen molar-refractivity contribution < 1.29 is 9.53 Å². The summed E-state index contributed by atoms with van der Waals surface area (Å²) >= 11 is 3.38. The maximum Gasteiger partial charge on any atom is 0.277 e. The predicted molar refractivity (Wildman–Crippen MR) is 91.3 cm³/mol. The highest BCUT2D eigenvalue weighted by atomic mass is 79.9. The number of halogens is 1. The van der Waals surface area contributed by atoms with E-state index in [0.717, 1.165) is 21.2 Å². The fraction of sp³-hybridized carbons (Fsp3) is 0.176. The van der Waals surface area contributed by atoms with Crippen molar-refractivity contribution >= 4 is 28.1 Å². The third-order valence-electron chi connectivity index (χ3n) is 3.08. The molecule has 1 amide bonds. The maximum atomic E-state index is 11.7. The van der Waals surface area contributed by atoms with E-state index in [1.54, 1.807) is 6.21 Å². The van der Waals surface area contributed by atoms with Crippen LogP contribution in [-0.2, 0) is 4.79 Å². The summed E-state index contributed by atoms with van der Waals surface area (Å²) in [6, 6.07) is 13.4. The number of nitrogens with zero attached hydrogens (tertiary/aromatic N) is 1. The van der Waals surface area contributed by atoms with Crippen LogP contribution in [0.2, 0.25) is 0 Å². The first-order valence-corrected chi connectivity index (χ1v) is 7.62. The van der Waals surface area contributed by atoms with Gasteiger partial charge in [0, 0.05) is 4.47 Å². The average Bonchev–Trinajstić information content (AvgIpc) is 2.48. The van der Waals surface area contributed by atoms with Gasteiger partial charge >= 0.3 is 0 Å². The topological polar surface area (TPSA) is 50.7 Å². The number of ether oxygens (including phenoxy) is 1. The van der Waals surface area contributed by atoms with Crippen LogP contribution in [0.3, 0.4) is 0 Å². The van der Waals surface area contributed by atoms with Crippen LogP contribution in [0.4, 0.5) is 0 Å². The number of nitrogens with one attached hydrogen (secondary N) is 1. The second kappa shape index (κ2) is 7.75. The molecule has 4 nitrogen and oxygen atoms in total. The highest BCUT2D eigenvalue weighted by Gasteiger charge is 2.04. The van der Waals surface area contributed by atoms with Crippen molar-refractivity contribution in [2.75, 3.05) is 6.61 Å². The number of hydrogen-bond acceptors (Lipinski definition) is 3. The molecule has 1 N–H and O–H groups in total. The van der Waals surface area contributed by atoms with Crippen molar-refractivity contribution in [3.63, 3.8) is 0 Å². The molecule has 0 aromatic heterocycles. The fourth-order valence-electron chi connectivity index (χ4n) is 1.86. The number of carbonyl (C=O) groups excluding carboxylic acids is 1. The minimum absolute atomic E-state index is 0.0758. The van der Waals surface area contributed by atoms with Gasteiger partial charge in [-0.3, -0.25) is 4.79 Å². The van der Waals surface area contributed by atoms with E-state index in [2.05, 4.69) is 26.5 Å². The lowest BCUT2D eigenvalue weighted by atomic mass is 10.1. The number of hydrogen-bond donors (Lipinski definition) is 1. The molecule has 114 valence electrons. The van der Waals surface area contributed by atoms with Gasteiger partial charge in [-0.25, -0.2) is 5.43 Å². The third kappa shape index (κ3) is 4.70. The Kier molecular flexibility index (Phi) is 5.72. The van der Waals surface area contributed by atoms with Crippen LogP contribution in [0.1, 0.15) is 16.7 Å². The zero-order valence-electron chi connectivity index (χ0n) is 12.5. The number of carbonyl (C=O) groups is 1. The summed E-state index contributed by atoms with van der Waals surface area (Å²) in [6.45, 7) is 3.84. The van der Waals surface area contributed by atoms with Crippen molar-refractivity contribution in [1.82, 2.24) is 5.43 Å². The summed E-state index contributed by atoms with van der Waals surface area (Å²) in [7, 11) is 0. The summed E-state index contributed by atoms with van der Waals surface area (Å²) < 4.78 is 6.45. The Morgan fingerprint density at radius 1 is 1.23 bits per heavy atom. The molecule has 0 aliphatic heterocycles. The first-order chi connectivity index (χ1) is 10.6. The highest BCUT2D eigenvalue weighted by molar-refractivity contribution is 9.10. The van der Waals surface area contributed by atoms with Crippen molar-refractivity contribution in [2.24, 2.45) is 5.10 Å². The van der Waals surface area contributed by atoms with Gasteiger partial charge in [0.05, 0.1) is 6.21 Å². The van der Waals surface area contributed by atoms with Gasteiger partial charge in [0.2, 0.25) is 0 Å². The first-order valence-electron chi connectivity index (χ1n) is 6.83. The van der Waals surface area contributed by atoms with E-state index in [-0.39, 0.29) is 12.5 Å². The summed E-state index contributed by atoms with van der Waals surface area (Å²) in [5.74, 6) is 0.383. The molecule has 2 aromatic rings. The van der Waals surface area contributed by atoms with Gasteiger partial charge in [-0.05, 0) is 48.7 Å². The molecule has 2 aromatic carbocycles. The molecular weight excluding hydrogens is 344 g/mol. The number of amides is 1.